The first kappa shape index (κ1) is 14.9. The maximum atomic E-state index is 6.23. The van der Waals surface area contributed by atoms with Gasteiger partial charge in [-0.05, 0) is 31.7 Å². The Kier molecular flexibility index (Phi) is 5.09. The van der Waals surface area contributed by atoms with Gasteiger partial charge in [0.15, 0.2) is 5.16 Å². The zero-order chi connectivity index (χ0) is 14.5. The van der Waals surface area contributed by atoms with Crippen LogP contribution in [0.25, 0.3) is 0 Å². The lowest BCUT2D eigenvalue weighted by Crippen LogP contribution is -2.04. The van der Waals surface area contributed by atoms with Crippen molar-refractivity contribution >= 4 is 40.7 Å². The number of halogens is 1. The van der Waals surface area contributed by atoms with Crippen LogP contribution in [0.15, 0.2) is 29.4 Å². The second-order valence-corrected chi connectivity index (χ2v) is 5.39. The topological polar surface area (TPSA) is 49.8 Å². The molecule has 4 nitrogen and oxygen atoms in total. The van der Waals surface area contributed by atoms with Crippen molar-refractivity contribution in [3.05, 3.63) is 34.9 Å². The number of rotatable bonds is 5. The Labute approximate surface area is 128 Å². The van der Waals surface area contributed by atoms with E-state index in [-0.39, 0.29) is 0 Å². The Morgan fingerprint density at radius 2 is 2.00 bits per heavy atom. The van der Waals surface area contributed by atoms with Gasteiger partial charge >= 0.3 is 0 Å². The summed E-state index contributed by atoms with van der Waals surface area (Å²) in [6.45, 7) is 4.86. The van der Waals surface area contributed by atoms with Gasteiger partial charge < -0.3 is 10.6 Å². The highest BCUT2D eigenvalue weighted by atomic mass is 35.5. The van der Waals surface area contributed by atoms with Crippen LogP contribution < -0.4 is 10.6 Å². The Bertz CT molecular complexity index is 583. The van der Waals surface area contributed by atoms with Gasteiger partial charge in [-0.1, -0.05) is 35.5 Å². The third kappa shape index (κ3) is 3.55. The van der Waals surface area contributed by atoms with Gasteiger partial charge in [0.05, 0.1) is 10.7 Å². The summed E-state index contributed by atoms with van der Waals surface area (Å²) >= 11 is 7.73. The van der Waals surface area contributed by atoms with Crippen LogP contribution in [0.3, 0.4) is 0 Å². The Balaban J connectivity index is 2.35. The molecule has 2 rings (SSSR count). The van der Waals surface area contributed by atoms with Crippen LogP contribution in [0, 0.1) is 6.92 Å². The lowest BCUT2D eigenvalue weighted by Gasteiger charge is -2.12. The second kappa shape index (κ2) is 6.81. The highest BCUT2D eigenvalue weighted by Crippen LogP contribution is 2.29. The molecule has 0 radical (unpaired) electrons. The lowest BCUT2D eigenvalue weighted by atomic mass is 10.2. The molecule has 0 bridgehead atoms. The number of para-hydroxylation sites is 1. The van der Waals surface area contributed by atoms with Crippen LogP contribution in [0.1, 0.15) is 12.5 Å². The van der Waals surface area contributed by atoms with Gasteiger partial charge in [0, 0.05) is 12.6 Å². The minimum atomic E-state index is 0.680. The first-order chi connectivity index (χ1) is 9.63. The predicted molar refractivity (Wildman–Crippen MR) is 87.4 cm³/mol. The van der Waals surface area contributed by atoms with Gasteiger partial charge in [-0.2, -0.15) is 0 Å². The van der Waals surface area contributed by atoms with Crippen LogP contribution in [0.2, 0.25) is 5.02 Å². The average molecular weight is 309 g/mol. The van der Waals surface area contributed by atoms with Gasteiger partial charge in [-0.15, -0.1) is 0 Å². The second-order valence-electron chi connectivity index (χ2n) is 4.21. The minimum Gasteiger partial charge on any atom is -0.370 e. The third-order valence-electron chi connectivity index (χ3n) is 2.72. The van der Waals surface area contributed by atoms with Crippen LogP contribution in [-0.2, 0) is 0 Å². The summed E-state index contributed by atoms with van der Waals surface area (Å²) in [6, 6.07) is 7.68. The molecule has 0 saturated heterocycles. The summed E-state index contributed by atoms with van der Waals surface area (Å²) in [4.78, 5) is 8.85. The van der Waals surface area contributed by atoms with Crippen LogP contribution in [-0.4, -0.2) is 22.8 Å². The molecule has 6 heteroatoms. The van der Waals surface area contributed by atoms with Crippen molar-refractivity contribution in [1.82, 2.24) is 9.97 Å². The maximum absolute atomic E-state index is 6.23. The van der Waals surface area contributed by atoms with Gasteiger partial charge in [-0.3, -0.25) is 0 Å². The Morgan fingerprint density at radius 1 is 1.25 bits per heavy atom. The number of aryl methyl sites for hydroxylation is 1. The van der Waals surface area contributed by atoms with Crippen LogP contribution in [0.4, 0.5) is 17.3 Å². The number of nitrogens with zero attached hydrogens (tertiary/aromatic N) is 2. The molecule has 0 spiro atoms. The van der Waals surface area contributed by atoms with E-state index in [0.717, 1.165) is 34.6 Å². The number of benzene rings is 1. The molecular weight excluding hydrogens is 292 g/mol. The predicted octanol–water partition coefficient (Wildman–Crippen LogP) is 4.34. The van der Waals surface area contributed by atoms with E-state index >= 15 is 0 Å². The fraction of sp³-hybridized carbons (Fsp3) is 0.286. The average Bonchev–Trinajstić information content (AvgIpc) is 2.43. The summed E-state index contributed by atoms with van der Waals surface area (Å²) in [5, 5.41) is 7.88. The standard InChI is InChI=1S/C14H17ClN4S/c1-4-16-11-8-12(19-14(18-11)20-3)17-13-9(2)6-5-7-10(13)15/h5-8H,4H2,1-3H3,(H2,16,17,18,19). The van der Waals surface area contributed by atoms with E-state index < -0.39 is 0 Å². The molecule has 1 aromatic heterocycles. The molecular formula is C14H17ClN4S. The highest BCUT2D eigenvalue weighted by molar-refractivity contribution is 7.98. The summed E-state index contributed by atoms with van der Waals surface area (Å²) in [6.07, 6.45) is 1.95. The monoisotopic (exact) mass is 308 g/mol. The van der Waals surface area contributed by atoms with E-state index in [0.29, 0.717) is 5.02 Å². The smallest absolute Gasteiger partial charge is 0.191 e. The molecule has 0 saturated carbocycles. The van der Waals surface area contributed by atoms with Gasteiger partial charge in [0.25, 0.3) is 0 Å². The number of hydrogen-bond acceptors (Lipinski definition) is 5. The molecule has 0 aliphatic rings. The van der Waals surface area contributed by atoms with Crippen molar-refractivity contribution in [3.8, 4) is 0 Å². The van der Waals surface area contributed by atoms with Gasteiger partial charge in [0.1, 0.15) is 11.6 Å². The summed E-state index contributed by atoms with van der Waals surface area (Å²) in [5.41, 5.74) is 1.95. The van der Waals surface area contributed by atoms with E-state index in [1.807, 2.05) is 44.4 Å². The number of thioether (sulfide) groups is 1. The molecule has 0 fully saturated rings. The highest BCUT2D eigenvalue weighted by Gasteiger charge is 2.08. The van der Waals surface area contributed by atoms with E-state index in [2.05, 4.69) is 20.6 Å². The quantitative estimate of drug-likeness (QED) is 0.636. The maximum Gasteiger partial charge on any atom is 0.191 e. The van der Waals surface area contributed by atoms with Crippen molar-refractivity contribution in [1.29, 1.82) is 0 Å². The largest absolute Gasteiger partial charge is 0.370 e. The fourth-order valence-corrected chi connectivity index (χ4v) is 2.42. The molecule has 0 amide bonds. The molecule has 1 heterocycles. The molecule has 0 unspecified atom stereocenters. The van der Waals surface area contributed by atoms with E-state index in [4.69, 9.17) is 11.6 Å². The van der Waals surface area contributed by atoms with Crippen molar-refractivity contribution in [2.75, 3.05) is 23.4 Å². The van der Waals surface area contributed by atoms with Crippen molar-refractivity contribution in [2.45, 2.75) is 19.0 Å². The summed E-state index contributed by atoms with van der Waals surface area (Å²) in [7, 11) is 0. The Morgan fingerprint density at radius 3 is 2.65 bits per heavy atom. The first-order valence-corrected chi connectivity index (χ1v) is 7.93. The summed E-state index contributed by atoms with van der Waals surface area (Å²) in [5.74, 6) is 1.54. The van der Waals surface area contributed by atoms with Crippen molar-refractivity contribution in [2.24, 2.45) is 0 Å². The van der Waals surface area contributed by atoms with E-state index in [1.165, 1.54) is 11.8 Å². The molecule has 0 atom stereocenters. The lowest BCUT2D eigenvalue weighted by molar-refractivity contribution is 0.967. The molecule has 20 heavy (non-hydrogen) atoms. The minimum absolute atomic E-state index is 0.680. The Hall–Kier alpha value is -1.46. The number of anilines is 3. The number of aromatic nitrogens is 2. The van der Waals surface area contributed by atoms with Crippen molar-refractivity contribution in [3.63, 3.8) is 0 Å². The molecule has 2 N–H and O–H groups in total. The van der Waals surface area contributed by atoms with Gasteiger partial charge in [-0.25, -0.2) is 9.97 Å². The molecule has 1 aromatic carbocycles. The fourth-order valence-electron chi connectivity index (χ4n) is 1.77. The number of hydrogen-bond donors (Lipinski definition) is 2. The summed E-state index contributed by atoms with van der Waals surface area (Å²) < 4.78 is 0. The zero-order valence-corrected chi connectivity index (χ0v) is 13.3. The van der Waals surface area contributed by atoms with Crippen LogP contribution in [0.5, 0.6) is 0 Å². The zero-order valence-electron chi connectivity index (χ0n) is 11.7. The van der Waals surface area contributed by atoms with E-state index in [1.54, 1.807) is 0 Å². The SMILES string of the molecule is CCNc1cc(Nc2c(C)cccc2Cl)nc(SC)n1. The first-order valence-electron chi connectivity index (χ1n) is 6.33. The molecule has 0 aliphatic heterocycles. The number of nitrogens with one attached hydrogen (secondary N) is 2. The van der Waals surface area contributed by atoms with Crippen molar-refractivity contribution < 1.29 is 0 Å². The third-order valence-corrected chi connectivity index (χ3v) is 3.58. The normalized spacial score (nSPS) is 10.4. The molecule has 106 valence electrons. The van der Waals surface area contributed by atoms with Crippen LogP contribution >= 0.6 is 23.4 Å². The molecule has 0 aliphatic carbocycles. The van der Waals surface area contributed by atoms with Gasteiger partial charge in [0.2, 0.25) is 0 Å². The molecule has 2 aromatic rings. The van der Waals surface area contributed by atoms with E-state index in [9.17, 15) is 0 Å².